The van der Waals surface area contributed by atoms with Gasteiger partial charge in [0.2, 0.25) is 0 Å². The maximum Gasteiger partial charge on any atom is 0.181 e. The summed E-state index contributed by atoms with van der Waals surface area (Å²) in [5, 5.41) is 8.58. The summed E-state index contributed by atoms with van der Waals surface area (Å²) in [6.07, 6.45) is 6.17. The van der Waals surface area contributed by atoms with E-state index < -0.39 is 11.6 Å². The van der Waals surface area contributed by atoms with Gasteiger partial charge >= 0.3 is 0 Å². The molecule has 0 saturated heterocycles. The minimum Gasteiger partial charge on any atom is -0.485 e. The number of pyridine rings is 1. The summed E-state index contributed by atoms with van der Waals surface area (Å²) in [6, 6.07) is 7.54. The second kappa shape index (κ2) is 10.2. The Morgan fingerprint density at radius 2 is 1.87 bits per heavy atom. The SMILES string of the molecule is Cc1cc(OCc2c(F)cccc2F)c2nc(C)c(C(=O)CCCCCCC#N)n2c1. The van der Waals surface area contributed by atoms with Crippen molar-refractivity contribution in [1.29, 1.82) is 5.26 Å². The van der Waals surface area contributed by atoms with Crippen molar-refractivity contribution in [3.8, 4) is 11.8 Å². The third-order valence-electron chi connectivity index (χ3n) is 5.14. The van der Waals surface area contributed by atoms with Gasteiger partial charge in [-0.1, -0.05) is 18.9 Å². The van der Waals surface area contributed by atoms with Crippen LogP contribution in [-0.2, 0) is 6.61 Å². The third-order valence-corrected chi connectivity index (χ3v) is 5.14. The van der Waals surface area contributed by atoms with Gasteiger partial charge in [0.05, 0.1) is 17.3 Å². The molecule has 3 rings (SSSR count). The zero-order valence-electron chi connectivity index (χ0n) is 17.8. The summed E-state index contributed by atoms with van der Waals surface area (Å²) >= 11 is 0. The van der Waals surface area contributed by atoms with Crippen LogP contribution < -0.4 is 4.74 Å². The van der Waals surface area contributed by atoms with Crippen molar-refractivity contribution in [1.82, 2.24) is 9.38 Å². The van der Waals surface area contributed by atoms with Crippen LogP contribution >= 0.6 is 0 Å². The topological polar surface area (TPSA) is 67.4 Å². The van der Waals surface area contributed by atoms with Crippen molar-refractivity contribution in [3.63, 3.8) is 0 Å². The number of aromatic nitrogens is 2. The second-order valence-corrected chi connectivity index (χ2v) is 7.61. The van der Waals surface area contributed by atoms with Crippen LogP contribution in [0.4, 0.5) is 8.78 Å². The molecular formula is C24H25F2N3O2. The van der Waals surface area contributed by atoms with E-state index >= 15 is 0 Å². The van der Waals surface area contributed by atoms with Crippen LogP contribution in [0.25, 0.3) is 5.65 Å². The first-order valence-corrected chi connectivity index (χ1v) is 10.4. The first kappa shape index (κ1) is 22.4. The molecule has 0 unspecified atom stereocenters. The fourth-order valence-corrected chi connectivity index (χ4v) is 3.58. The van der Waals surface area contributed by atoms with E-state index in [-0.39, 0.29) is 18.0 Å². The average Bonchev–Trinajstić information content (AvgIpc) is 3.05. The number of unbranched alkanes of at least 4 members (excludes halogenated alkanes) is 4. The Labute approximate surface area is 180 Å². The number of carbonyl (C=O) groups is 1. The highest BCUT2D eigenvalue weighted by Gasteiger charge is 2.20. The fraction of sp³-hybridized carbons (Fsp3) is 0.375. The number of Topliss-reactive ketones (excluding diaryl/α,β-unsaturated/α-hetero) is 1. The molecule has 0 aliphatic rings. The van der Waals surface area contributed by atoms with Gasteiger partial charge in [0.1, 0.15) is 23.9 Å². The van der Waals surface area contributed by atoms with Gasteiger partial charge in [-0.2, -0.15) is 5.26 Å². The summed E-state index contributed by atoms with van der Waals surface area (Å²) in [6.45, 7) is 3.34. The van der Waals surface area contributed by atoms with Crippen LogP contribution in [0.3, 0.4) is 0 Å². The summed E-state index contributed by atoms with van der Waals surface area (Å²) in [5.74, 6) is -0.994. The highest BCUT2D eigenvalue weighted by Crippen LogP contribution is 2.26. The number of imidazole rings is 1. The maximum absolute atomic E-state index is 13.9. The highest BCUT2D eigenvalue weighted by atomic mass is 19.1. The maximum atomic E-state index is 13.9. The second-order valence-electron chi connectivity index (χ2n) is 7.61. The Balaban J connectivity index is 1.79. The minimum absolute atomic E-state index is 0.0121. The monoisotopic (exact) mass is 425 g/mol. The number of halogens is 2. The molecule has 0 spiro atoms. The molecule has 0 aliphatic carbocycles. The van der Waals surface area contributed by atoms with E-state index in [2.05, 4.69) is 11.1 Å². The van der Waals surface area contributed by atoms with Crippen molar-refractivity contribution in [2.24, 2.45) is 0 Å². The number of hydrogen-bond donors (Lipinski definition) is 0. The summed E-state index contributed by atoms with van der Waals surface area (Å²) in [7, 11) is 0. The number of hydrogen-bond acceptors (Lipinski definition) is 4. The third kappa shape index (κ3) is 5.26. The molecule has 0 atom stereocenters. The molecule has 0 radical (unpaired) electrons. The van der Waals surface area contributed by atoms with Gasteiger partial charge in [0, 0.05) is 19.0 Å². The van der Waals surface area contributed by atoms with Gasteiger partial charge in [-0.15, -0.1) is 0 Å². The average molecular weight is 425 g/mol. The molecule has 0 aliphatic heterocycles. The number of ether oxygens (including phenoxy) is 1. The molecule has 2 aromatic heterocycles. The molecule has 0 amide bonds. The van der Waals surface area contributed by atoms with Gasteiger partial charge in [-0.25, -0.2) is 13.8 Å². The van der Waals surface area contributed by atoms with E-state index in [1.54, 1.807) is 17.4 Å². The number of aryl methyl sites for hydroxylation is 2. The summed E-state index contributed by atoms with van der Waals surface area (Å²) < 4.78 is 35.3. The van der Waals surface area contributed by atoms with E-state index in [9.17, 15) is 13.6 Å². The summed E-state index contributed by atoms with van der Waals surface area (Å²) in [5.41, 5.74) is 2.20. The fourth-order valence-electron chi connectivity index (χ4n) is 3.58. The molecule has 0 saturated carbocycles. The molecule has 0 N–H and O–H groups in total. The Morgan fingerprint density at radius 1 is 1.16 bits per heavy atom. The van der Waals surface area contributed by atoms with E-state index in [0.717, 1.165) is 31.2 Å². The Hall–Kier alpha value is -3.27. The molecule has 3 aromatic rings. The Bertz CT molecular complexity index is 1110. The van der Waals surface area contributed by atoms with Gasteiger partial charge in [0.25, 0.3) is 0 Å². The normalized spacial score (nSPS) is 10.9. The molecule has 2 heterocycles. The van der Waals surface area contributed by atoms with Crippen LogP contribution in [0.5, 0.6) is 5.75 Å². The molecule has 162 valence electrons. The van der Waals surface area contributed by atoms with Crippen LogP contribution in [0, 0.1) is 36.8 Å². The smallest absolute Gasteiger partial charge is 0.181 e. The van der Waals surface area contributed by atoms with E-state index in [4.69, 9.17) is 10.00 Å². The van der Waals surface area contributed by atoms with Crippen molar-refractivity contribution >= 4 is 11.4 Å². The molecule has 31 heavy (non-hydrogen) atoms. The quantitative estimate of drug-likeness (QED) is 0.302. The van der Waals surface area contributed by atoms with Crippen LogP contribution in [-0.4, -0.2) is 15.2 Å². The van der Waals surface area contributed by atoms with Gasteiger partial charge in [-0.05, 0) is 50.5 Å². The van der Waals surface area contributed by atoms with Crippen molar-refractivity contribution in [2.75, 3.05) is 0 Å². The predicted octanol–water partition coefficient (Wildman–Crippen LogP) is 5.86. The van der Waals surface area contributed by atoms with Gasteiger partial charge in [-0.3, -0.25) is 9.20 Å². The lowest BCUT2D eigenvalue weighted by Crippen LogP contribution is -2.07. The lowest BCUT2D eigenvalue weighted by atomic mass is 10.1. The molecule has 5 nitrogen and oxygen atoms in total. The van der Waals surface area contributed by atoms with Crippen LogP contribution in [0.1, 0.15) is 65.8 Å². The van der Waals surface area contributed by atoms with E-state index in [0.29, 0.717) is 35.6 Å². The zero-order valence-corrected chi connectivity index (χ0v) is 17.8. The number of nitrogens with zero attached hydrogens (tertiary/aromatic N) is 3. The number of carbonyl (C=O) groups excluding carboxylic acids is 1. The lowest BCUT2D eigenvalue weighted by molar-refractivity contribution is 0.0972. The first-order valence-electron chi connectivity index (χ1n) is 10.4. The van der Waals surface area contributed by atoms with E-state index in [1.165, 1.54) is 18.2 Å². The van der Waals surface area contributed by atoms with Crippen molar-refractivity contribution in [2.45, 2.75) is 59.0 Å². The molecular weight excluding hydrogens is 400 g/mol. The standard InChI is InChI=1S/C24H25F2N3O2/c1-16-13-22(31-15-18-19(25)9-8-10-20(18)26)24-28-17(2)23(29(24)14-16)21(30)11-6-4-3-5-7-12-27/h8-10,13-14H,3-7,11,15H2,1-2H3. The largest absolute Gasteiger partial charge is 0.485 e. The van der Waals surface area contributed by atoms with Crippen LogP contribution in [0.2, 0.25) is 0 Å². The van der Waals surface area contributed by atoms with Crippen LogP contribution in [0.15, 0.2) is 30.5 Å². The Kier molecular flexibility index (Phi) is 7.35. The van der Waals surface area contributed by atoms with E-state index in [1.807, 2.05) is 13.1 Å². The number of benzene rings is 1. The van der Waals surface area contributed by atoms with Gasteiger partial charge < -0.3 is 4.74 Å². The predicted molar refractivity (Wildman–Crippen MR) is 113 cm³/mol. The lowest BCUT2D eigenvalue weighted by Gasteiger charge is -2.11. The molecule has 0 fully saturated rings. The highest BCUT2D eigenvalue weighted by molar-refractivity contribution is 5.96. The molecule has 1 aromatic carbocycles. The zero-order chi connectivity index (χ0) is 22.4. The number of ketones is 1. The first-order chi connectivity index (χ1) is 14.9. The van der Waals surface area contributed by atoms with Crippen molar-refractivity contribution in [3.05, 3.63) is 64.6 Å². The minimum atomic E-state index is -0.672. The summed E-state index contributed by atoms with van der Waals surface area (Å²) in [4.78, 5) is 17.4. The number of rotatable bonds is 10. The number of fused-ring (bicyclic) bond motifs is 1. The van der Waals surface area contributed by atoms with Crippen molar-refractivity contribution < 1.29 is 18.3 Å². The number of nitriles is 1. The van der Waals surface area contributed by atoms with Gasteiger partial charge in [0.15, 0.2) is 17.2 Å². The molecule has 0 bridgehead atoms. The molecule has 7 heteroatoms. The Morgan fingerprint density at radius 3 is 2.58 bits per heavy atom.